The lowest BCUT2D eigenvalue weighted by molar-refractivity contribution is -0.659. The number of fused-ring (bicyclic) bond motifs is 5. The quantitative estimate of drug-likeness (QED) is 0.153. The first-order valence-electron chi connectivity index (χ1n) is 10.9. The van der Waals surface area contributed by atoms with Crippen molar-refractivity contribution < 1.29 is 4.57 Å². The average Bonchev–Trinajstić information content (AvgIpc) is 2.74. The summed E-state index contributed by atoms with van der Waals surface area (Å²) in [5, 5.41) is 9.69. The Bertz CT molecular complexity index is 1560. The van der Waals surface area contributed by atoms with E-state index in [0.29, 0.717) is 0 Å². The molecule has 1 nitrogen and oxygen atoms in total. The molecule has 1 aromatic heterocycles. The Morgan fingerprint density at radius 1 is 0.806 bits per heavy atom. The highest BCUT2D eigenvalue weighted by atomic mass is 32.2. The Morgan fingerprint density at radius 2 is 1.61 bits per heavy atom. The van der Waals surface area contributed by atoms with Crippen LogP contribution in [0.2, 0.25) is 19.6 Å². The highest BCUT2D eigenvalue weighted by Crippen LogP contribution is 2.51. The van der Waals surface area contributed by atoms with Gasteiger partial charge in [0.25, 0.3) is 0 Å². The van der Waals surface area contributed by atoms with Gasteiger partial charge < -0.3 is 0 Å². The minimum Gasteiger partial charge on any atom is -0.200 e. The smallest absolute Gasteiger partial charge is 0.200 e. The van der Waals surface area contributed by atoms with Crippen LogP contribution in [0.1, 0.15) is 5.56 Å². The summed E-state index contributed by atoms with van der Waals surface area (Å²) in [7, 11) is 0.828. The first-order chi connectivity index (χ1) is 14.8. The van der Waals surface area contributed by atoms with Crippen molar-refractivity contribution in [3.8, 4) is 11.3 Å². The van der Waals surface area contributed by atoms with E-state index in [1.165, 1.54) is 64.1 Å². The Hall–Kier alpha value is -2.62. The van der Waals surface area contributed by atoms with Gasteiger partial charge in [0.1, 0.15) is 7.05 Å². The highest BCUT2D eigenvalue weighted by Gasteiger charge is 2.30. The zero-order valence-corrected chi connectivity index (χ0v) is 20.5. The molecule has 0 amide bonds. The van der Waals surface area contributed by atoms with Gasteiger partial charge in [-0.2, -0.15) is 0 Å². The molecule has 5 aromatic rings. The standard InChI is InChI=1S/C28H26NSSi/c1-17-22-9-7-6-8-18(22)16-24-25(17)27-26-19(12-13-29(27)2)14-20-15-21(31(3,4)5)10-11-23(20)28(26)30-24/h6-16H,1-5H3/q+1. The monoisotopic (exact) mass is 436 g/mol. The Balaban J connectivity index is 1.77. The van der Waals surface area contributed by atoms with Gasteiger partial charge in [0.15, 0.2) is 6.20 Å². The predicted molar refractivity (Wildman–Crippen MR) is 137 cm³/mol. The Kier molecular flexibility index (Phi) is 3.97. The number of benzene rings is 4. The maximum Gasteiger partial charge on any atom is 0.222 e. The maximum absolute atomic E-state index is 2.45. The number of aromatic nitrogens is 1. The topological polar surface area (TPSA) is 3.88 Å². The van der Waals surface area contributed by atoms with Crippen LogP contribution in [0.25, 0.3) is 43.6 Å². The van der Waals surface area contributed by atoms with Crippen LogP contribution in [-0.2, 0) is 7.05 Å². The third kappa shape index (κ3) is 2.73. The summed E-state index contributed by atoms with van der Waals surface area (Å²) in [4.78, 5) is 2.77. The van der Waals surface area contributed by atoms with Crippen molar-refractivity contribution in [2.75, 3.05) is 0 Å². The second kappa shape index (κ2) is 6.44. The SMILES string of the molecule is Cc1c2c(cc3ccccc13)Sc1c3ccc([Si](C)(C)C)cc3cc3cc[n+](C)c-2c13. The first-order valence-corrected chi connectivity index (χ1v) is 15.2. The first kappa shape index (κ1) is 19.1. The highest BCUT2D eigenvalue weighted by molar-refractivity contribution is 8.00. The van der Waals surface area contributed by atoms with Gasteiger partial charge in [0.05, 0.1) is 19.0 Å². The number of rotatable bonds is 1. The summed E-state index contributed by atoms with van der Waals surface area (Å²) in [6.45, 7) is 9.57. The maximum atomic E-state index is 2.45. The minimum atomic E-state index is -1.36. The summed E-state index contributed by atoms with van der Waals surface area (Å²) in [6.07, 6.45) is 2.23. The van der Waals surface area contributed by atoms with Crippen molar-refractivity contribution in [3.63, 3.8) is 0 Å². The van der Waals surface area contributed by atoms with Crippen LogP contribution in [0, 0.1) is 6.92 Å². The molecular weight excluding hydrogens is 410 g/mol. The number of hydrogen-bond acceptors (Lipinski definition) is 1. The normalized spacial score (nSPS) is 13.2. The molecule has 1 aliphatic heterocycles. The van der Waals surface area contributed by atoms with E-state index < -0.39 is 8.07 Å². The van der Waals surface area contributed by atoms with Crippen LogP contribution >= 0.6 is 11.8 Å². The van der Waals surface area contributed by atoms with Gasteiger partial charge in [-0.3, -0.25) is 0 Å². The van der Waals surface area contributed by atoms with Crippen LogP contribution < -0.4 is 9.75 Å². The van der Waals surface area contributed by atoms with Crippen molar-refractivity contribution in [2.24, 2.45) is 7.05 Å². The van der Waals surface area contributed by atoms with Gasteiger partial charge in [-0.25, -0.2) is 4.57 Å². The van der Waals surface area contributed by atoms with E-state index in [9.17, 15) is 0 Å². The summed E-state index contributed by atoms with van der Waals surface area (Å²) in [6, 6.07) is 23.1. The number of aryl methyl sites for hydroxylation is 2. The fraction of sp³-hybridized carbons (Fsp3) is 0.179. The molecule has 0 fully saturated rings. The van der Waals surface area contributed by atoms with Crippen LogP contribution in [0.5, 0.6) is 0 Å². The lowest BCUT2D eigenvalue weighted by Gasteiger charge is -2.23. The predicted octanol–water partition coefficient (Wildman–Crippen LogP) is 6.96. The van der Waals surface area contributed by atoms with E-state index in [1.54, 1.807) is 0 Å². The molecule has 31 heavy (non-hydrogen) atoms. The Morgan fingerprint density at radius 3 is 2.42 bits per heavy atom. The summed E-state index contributed by atoms with van der Waals surface area (Å²) in [5.41, 5.74) is 4.12. The van der Waals surface area contributed by atoms with Crippen LogP contribution in [0.15, 0.2) is 76.7 Å². The molecule has 6 rings (SSSR count). The number of nitrogens with zero attached hydrogens (tertiary/aromatic N) is 1. The lowest BCUT2D eigenvalue weighted by atomic mass is 9.93. The van der Waals surface area contributed by atoms with Gasteiger partial charge in [-0.15, -0.1) is 0 Å². The molecule has 0 N–H and O–H groups in total. The summed E-state index contributed by atoms with van der Waals surface area (Å²) in [5.74, 6) is 0. The molecule has 0 radical (unpaired) electrons. The molecule has 1 aliphatic rings. The van der Waals surface area contributed by atoms with E-state index in [4.69, 9.17) is 0 Å². The van der Waals surface area contributed by atoms with Gasteiger partial charge in [-0.05, 0) is 51.6 Å². The van der Waals surface area contributed by atoms with E-state index >= 15 is 0 Å². The van der Waals surface area contributed by atoms with Gasteiger partial charge >= 0.3 is 0 Å². The van der Waals surface area contributed by atoms with Crippen molar-refractivity contribution in [1.82, 2.24) is 0 Å². The van der Waals surface area contributed by atoms with Crippen molar-refractivity contribution in [2.45, 2.75) is 36.4 Å². The minimum absolute atomic E-state index is 1.32. The molecule has 4 aromatic carbocycles. The van der Waals surface area contributed by atoms with Gasteiger partial charge in [-0.1, -0.05) is 79.1 Å². The molecule has 0 saturated heterocycles. The second-order valence-corrected chi connectivity index (χ2v) is 16.0. The molecule has 0 aliphatic carbocycles. The molecule has 2 heterocycles. The molecule has 3 heteroatoms. The van der Waals surface area contributed by atoms with Gasteiger partial charge in [0.2, 0.25) is 5.69 Å². The zero-order chi connectivity index (χ0) is 21.5. The molecule has 0 spiro atoms. The van der Waals surface area contributed by atoms with E-state index in [1.807, 2.05) is 11.8 Å². The lowest BCUT2D eigenvalue weighted by Crippen LogP contribution is -2.37. The summed E-state index contributed by atoms with van der Waals surface area (Å²) < 4.78 is 2.31. The number of hydrogen-bond donors (Lipinski definition) is 0. The van der Waals surface area contributed by atoms with E-state index in [0.717, 1.165) is 0 Å². The van der Waals surface area contributed by atoms with E-state index in [-0.39, 0.29) is 0 Å². The van der Waals surface area contributed by atoms with Crippen LogP contribution in [0.3, 0.4) is 0 Å². The van der Waals surface area contributed by atoms with Crippen molar-refractivity contribution >= 4 is 57.3 Å². The summed E-state index contributed by atoms with van der Waals surface area (Å²) >= 11 is 1.95. The molecule has 0 saturated carbocycles. The zero-order valence-electron chi connectivity index (χ0n) is 18.7. The fourth-order valence-electron chi connectivity index (χ4n) is 5.07. The van der Waals surface area contributed by atoms with Crippen LogP contribution in [0.4, 0.5) is 0 Å². The molecule has 0 unspecified atom stereocenters. The largest absolute Gasteiger partial charge is 0.222 e. The van der Waals surface area contributed by atoms with Crippen molar-refractivity contribution in [1.29, 1.82) is 0 Å². The molecule has 152 valence electrons. The van der Waals surface area contributed by atoms with Crippen LogP contribution in [-0.4, -0.2) is 8.07 Å². The average molecular weight is 437 g/mol. The van der Waals surface area contributed by atoms with E-state index in [2.05, 4.69) is 105 Å². The molecule has 0 bridgehead atoms. The second-order valence-electron chi connectivity index (χ2n) is 9.83. The number of pyridine rings is 1. The Labute approximate surface area is 188 Å². The molecular formula is C28H26NSSi+. The van der Waals surface area contributed by atoms with Gasteiger partial charge in [0, 0.05) is 15.9 Å². The third-order valence-electron chi connectivity index (χ3n) is 6.78. The fourth-order valence-corrected chi connectivity index (χ4v) is 7.61. The molecule has 0 atom stereocenters. The third-order valence-corrected chi connectivity index (χ3v) is 9.99. The van der Waals surface area contributed by atoms with Crippen molar-refractivity contribution in [3.05, 3.63) is 72.4 Å².